The quantitative estimate of drug-likeness (QED) is 0.391. The third-order valence-corrected chi connectivity index (χ3v) is 7.71. The Hall–Kier alpha value is -3.21. The number of rotatable bonds is 8. The number of nitrogens with one attached hydrogen (secondary N) is 1. The molecule has 0 aliphatic heterocycles. The van der Waals surface area contributed by atoms with Gasteiger partial charge in [0.2, 0.25) is 0 Å². The van der Waals surface area contributed by atoms with Gasteiger partial charge in [0.25, 0.3) is 5.91 Å². The van der Waals surface area contributed by atoms with Crippen LogP contribution in [0.4, 0.5) is 0 Å². The first-order valence-electron chi connectivity index (χ1n) is 12.8. The summed E-state index contributed by atoms with van der Waals surface area (Å²) in [6.45, 7) is 12.1. The highest BCUT2D eigenvalue weighted by atomic mass is 16.5. The van der Waals surface area contributed by atoms with E-state index >= 15 is 0 Å². The minimum absolute atomic E-state index is 0.162. The van der Waals surface area contributed by atoms with E-state index < -0.39 is 0 Å². The number of aryl methyl sites for hydroxylation is 1. The van der Waals surface area contributed by atoms with Gasteiger partial charge in [0.05, 0.1) is 14.2 Å². The first-order valence-corrected chi connectivity index (χ1v) is 12.8. The summed E-state index contributed by atoms with van der Waals surface area (Å²) in [5.41, 5.74) is 6.86. The Morgan fingerprint density at radius 1 is 0.917 bits per heavy atom. The zero-order valence-corrected chi connectivity index (χ0v) is 22.7. The Morgan fingerprint density at radius 3 is 2.25 bits per heavy atom. The molecule has 5 nitrogen and oxygen atoms in total. The Kier molecular flexibility index (Phi) is 7.21. The van der Waals surface area contributed by atoms with Crippen LogP contribution in [-0.4, -0.2) is 26.7 Å². The van der Waals surface area contributed by atoms with Crippen molar-refractivity contribution in [3.8, 4) is 11.5 Å². The topological polar surface area (TPSA) is 60.7 Å². The predicted molar refractivity (Wildman–Crippen MR) is 144 cm³/mol. The average Bonchev–Trinajstić information content (AvgIpc) is 3.31. The van der Waals surface area contributed by atoms with Gasteiger partial charge in [-0.2, -0.15) is 0 Å². The minimum atomic E-state index is -0.202. The molecule has 5 heteroatoms. The van der Waals surface area contributed by atoms with Gasteiger partial charge < -0.3 is 19.2 Å². The molecule has 1 aliphatic carbocycles. The van der Waals surface area contributed by atoms with E-state index in [-0.39, 0.29) is 16.7 Å². The monoisotopic (exact) mass is 489 g/mol. The van der Waals surface area contributed by atoms with Crippen molar-refractivity contribution in [2.75, 3.05) is 20.8 Å². The number of amides is 1. The molecular weight excluding hydrogens is 450 g/mol. The first kappa shape index (κ1) is 25.9. The summed E-state index contributed by atoms with van der Waals surface area (Å²) in [7, 11) is 3.23. The van der Waals surface area contributed by atoms with E-state index in [2.05, 4.69) is 52.1 Å². The predicted octanol–water partition coefficient (Wildman–Crippen LogP) is 6.52. The van der Waals surface area contributed by atoms with Gasteiger partial charge in [-0.15, -0.1) is 0 Å². The normalized spacial score (nSPS) is 15.8. The van der Waals surface area contributed by atoms with Gasteiger partial charge in [-0.1, -0.05) is 45.9 Å². The fourth-order valence-corrected chi connectivity index (χ4v) is 5.18. The number of fused-ring (bicyclic) bond motifs is 1. The van der Waals surface area contributed by atoms with E-state index in [0.29, 0.717) is 36.6 Å². The van der Waals surface area contributed by atoms with Gasteiger partial charge in [-0.05, 0) is 89.1 Å². The third kappa shape index (κ3) is 5.30. The maximum atomic E-state index is 12.7. The molecule has 0 spiro atoms. The van der Waals surface area contributed by atoms with Gasteiger partial charge in [-0.25, -0.2) is 0 Å². The number of furan rings is 1. The molecule has 192 valence electrons. The first-order chi connectivity index (χ1) is 17.0. The van der Waals surface area contributed by atoms with Gasteiger partial charge in [-0.3, -0.25) is 4.79 Å². The van der Waals surface area contributed by atoms with Crippen LogP contribution in [-0.2, 0) is 23.7 Å². The standard InChI is InChI=1S/C31H39NO4/c1-20-16-24-25(31(4,5)14-13-30(24,2)3)19-22(20)18-23-9-11-27(36-23)29(33)32-15-12-21-8-10-26(34-6)28(17-21)35-7/h8-11,16-17,19H,12-15,18H2,1-7H3,(H,32,33). The lowest BCUT2D eigenvalue weighted by molar-refractivity contribution is 0.0925. The van der Waals surface area contributed by atoms with E-state index in [4.69, 9.17) is 13.9 Å². The molecule has 0 saturated heterocycles. The lowest BCUT2D eigenvalue weighted by atomic mass is 9.62. The lowest BCUT2D eigenvalue weighted by Gasteiger charge is -2.42. The second-order valence-corrected chi connectivity index (χ2v) is 11.2. The molecule has 36 heavy (non-hydrogen) atoms. The number of carbonyl (C=O) groups excluding carboxylic acids is 1. The highest BCUT2D eigenvalue weighted by Gasteiger charge is 2.37. The molecule has 0 saturated carbocycles. The van der Waals surface area contributed by atoms with E-state index in [1.165, 1.54) is 35.1 Å². The summed E-state index contributed by atoms with van der Waals surface area (Å²) in [4.78, 5) is 12.7. The van der Waals surface area contributed by atoms with Crippen molar-refractivity contribution in [3.63, 3.8) is 0 Å². The fourth-order valence-electron chi connectivity index (χ4n) is 5.18. The lowest BCUT2D eigenvalue weighted by Crippen LogP contribution is -2.34. The van der Waals surface area contributed by atoms with E-state index in [0.717, 1.165) is 11.3 Å². The Balaban J connectivity index is 1.41. The van der Waals surface area contributed by atoms with Crippen LogP contribution < -0.4 is 14.8 Å². The molecule has 3 aromatic rings. The van der Waals surface area contributed by atoms with Crippen molar-refractivity contribution in [2.24, 2.45) is 0 Å². The highest BCUT2D eigenvalue weighted by Crippen LogP contribution is 2.46. The van der Waals surface area contributed by atoms with Crippen LogP contribution in [0, 0.1) is 6.92 Å². The molecule has 4 rings (SSSR count). The van der Waals surface area contributed by atoms with Crippen molar-refractivity contribution in [1.29, 1.82) is 0 Å². The number of ether oxygens (including phenoxy) is 2. The molecule has 0 fully saturated rings. The van der Waals surface area contributed by atoms with Gasteiger partial charge >= 0.3 is 0 Å². The van der Waals surface area contributed by atoms with Crippen molar-refractivity contribution in [2.45, 2.75) is 71.1 Å². The van der Waals surface area contributed by atoms with Crippen LogP contribution in [0.5, 0.6) is 11.5 Å². The zero-order chi connectivity index (χ0) is 26.1. The molecule has 1 aliphatic rings. The second-order valence-electron chi connectivity index (χ2n) is 11.2. The molecule has 1 amide bonds. The number of hydrogen-bond acceptors (Lipinski definition) is 4. The smallest absolute Gasteiger partial charge is 0.287 e. The molecule has 1 heterocycles. The highest BCUT2D eigenvalue weighted by molar-refractivity contribution is 5.91. The second kappa shape index (κ2) is 10.0. The molecular formula is C31H39NO4. The Morgan fingerprint density at radius 2 is 1.58 bits per heavy atom. The third-order valence-electron chi connectivity index (χ3n) is 7.71. The summed E-state index contributed by atoms with van der Waals surface area (Å²) < 4.78 is 16.6. The fraction of sp³-hybridized carbons (Fsp3) is 0.452. The Labute approximate surface area is 215 Å². The number of hydrogen-bond donors (Lipinski definition) is 1. The van der Waals surface area contributed by atoms with Gasteiger partial charge in [0.1, 0.15) is 5.76 Å². The zero-order valence-electron chi connectivity index (χ0n) is 22.7. The Bertz CT molecular complexity index is 1250. The van der Waals surface area contributed by atoms with Gasteiger partial charge in [0, 0.05) is 13.0 Å². The summed E-state index contributed by atoms with van der Waals surface area (Å²) >= 11 is 0. The molecule has 0 unspecified atom stereocenters. The maximum Gasteiger partial charge on any atom is 0.287 e. The van der Waals surface area contributed by atoms with E-state index in [1.807, 2.05) is 24.3 Å². The summed E-state index contributed by atoms with van der Waals surface area (Å²) in [5.74, 6) is 2.31. The SMILES string of the molecule is COc1ccc(CCNC(=O)c2ccc(Cc3cc4c(cc3C)C(C)(C)CCC4(C)C)o2)cc1OC. The number of carbonyl (C=O) groups is 1. The van der Waals surface area contributed by atoms with Crippen molar-refractivity contribution in [3.05, 3.63) is 81.8 Å². The van der Waals surface area contributed by atoms with Crippen LogP contribution in [0.25, 0.3) is 0 Å². The number of methoxy groups -OCH3 is 2. The molecule has 1 aromatic heterocycles. The number of benzene rings is 2. The average molecular weight is 490 g/mol. The van der Waals surface area contributed by atoms with E-state index in [1.54, 1.807) is 20.3 Å². The molecule has 0 atom stereocenters. The van der Waals surface area contributed by atoms with Crippen LogP contribution >= 0.6 is 0 Å². The molecule has 1 N–H and O–H groups in total. The summed E-state index contributed by atoms with van der Waals surface area (Å²) in [5, 5.41) is 2.96. The summed E-state index contributed by atoms with van der Waals surface area (Å²) in [6, 6.07) is 14.2. The van der Waals surface area contributed by atoms with E-state index in [9.17, 15) is 4.79 Å². The van der Waals surface area contributed by atoms with Crippen LogP contribution in [0.1, 0.15) is 84.7 Å². The molecule has 0 radical (unpaired) electrons. The van der Waals surface area contributed by atoms with Crippen molar-refractivity contribution >= 4 is 5.91 Å². The molecule has 0 bridgehead atoms. The van der Waals surface area contributed by atoms with Crippen LogP contribution in [0.2, 0.25) is 0 Å². The van der Waals surface area contributed by atoms with Crippen LogP contribution in [0.15, 0.2) is 46.9 Å². The van der Waals surface area contributed by atoms with Crippen molar-refractivity contribution < 1.29 is 18.7 Å². The van der Waals surface area contributed by atoms with Crippen molar-refractivity contribution in [1.82, 2.24) is 5.32 Å². The van der Waals surface area contributed by atoms with Gasteiger partial charge in [0.15, 0.2) is 17.3 Å². The largest absolute Gasteiger partial charge is 0.493 e. The minimum Gasteiger partial charge on any atom is -0.493 e. The summed E-state index contributed by atoms with van der Waals surface area (Å²) in [6.07, 6.45) is 3.74. The molecule has 2 aromatic carbocycles. The van der Waals surface area contributed by atoms with Crippen LogP contribution in [0.3, 0.4) is 0 Å². The maximum absolute atomic E-state index is 12.7.